The zero-order chi connectivity index (χ0) is 19.0. The first-order valence-electron chi connectivity index (χ1n) is 8.92. The van der Waals surface area contributed by atoms with Gasteiger partial charge in [0, 0.05) is 13.7 Å². The molecule has 27 heavy (non-hydrogen) atoms. The first kappa shape index (κ1) is 17.9. The van der Waals surface area contributed by atoms with Crippen LogP contribution in [0.4, 0.5) is 5.82 Å². The lowest BCUT2D eigenvalue weighted by Gasteiger charge is -2.22. The highest BCUT2D eigenvalue weighted by Gasteiger charge is 2.28. The molecule has 8 heteroatoms. The van der Waals surface area contributed by atoms with Gasteiger partial charge in [-0.25, -0.2) is 9.97 Å². The molecule has 1 saturated heterocycles. The van der Waals surface area contributed by atoms with Gasteiger partial charge in [0.25, 0.3) is 5.91 Å². The summed E-state index contributed by atoms with van der Waals surface area (Å²) in [4.78, 5) is 25.1. The molecule has 1 N–H and O–H groups in total. The smallest absolute Gasteiger partial charge is 0.264 e. The summed E-state index contributed by atoms with van der Waals surface area (Å²) in [6, 6.07) is 4.00. The number of fused-ring (bicyclic) bond motifs is 1. The zero-order valence-electron chi connectivity index (χ0n) is 15.6. The van der Waals surface area contributed by atoms with E-state index in [-0.39, 0.29) is 11.9 Å². The van der Waals surface area contributed by atoms with Crippen molar-refractivity contribution in [1.29, 1.82) is 0 Å². The molecule has 1 fully saturated rings. The molecule has 1 atom stereocenters. The normalized spacial score (nSPS) is 16.8. The Labute approximate surface area is 161 Å². The van der Waals surface area contributed by atoms with Crippen molar-refractivity contribution < 1.29 is 13.9 Å². The maximum atomic E-state index is 13.0. The Balaban J connectivity index is 1.62. The third kappa shape index (κ3) is 3.42. The van der Waals surface area contributed by atoms with Crippen LogP contribution in [0.15, 0.2) is 22.9 Å². The Kier molecular flexibility index (Phi) is 4.84. The van der Waals surface area contributed by atoms with E-state index in [1.807, 2.05) is 33.0 Å². The Morgan fingerprint density at radius 3 is 2.93 bits per heavy atom. The number of aryl methyl sites for hydroxylation is 2. The van der Waals surface area contributed by atoms with Crippen LogP contribution in [-0.4, -0.2) is 47.1 Å². The monoisotopic (exact) mass is 386 g/mol. The quantitative estimate of drug-likeness (QED) is 0.724. The van der Waals surface area contributed by atoms with Crippen LogP contribution < -0.4 is 5.32 Å². The highest BCUT2D eigenvalue weighted by molar-refractivity contribution is 7.20. The number of carbonyl (C=O) groups is 1. The fourth-order valence-corrected chi connectivity index (χ4v) is 4.45. The number of aromatic nitrogens is 2. The van der Waals surface area contributed by atoms with Crippen LogP contribution in [0.25, 0.3) is 10.2 Å². The maximum absolute atomic E-state index is 13.0. The van der Waals surface area contributed by atoms with Gasteiger partial charge in [-0.05, 0) is 38.0 Å². The van der Waals surface area contributed by atoms with Gasteiger partial charge in [0.05, 0.1) is 29.5 Å². The third-order valence-electron chi connectivity index (χ3n) is 4.92. The average molecular weight is 386 g/mol. The molecular formula is C19H22N4O3S. The maximum Gasteiger partial charge on any atom is 0.264 e. The number of furan rings is 1. The summed E-state index contributed by atoms with van der Waals surface area (Å²) in [6.45, 7) is 5.70. The zero-order valence-corrected chi connectivity index (χ0v) is 16.4. The molecule has 0 saturated carbocycles. The van der Waals surface area contributed by atoms with Crippen LogP contribution in [0.5, 0.6) is 0 Å². The minimum absolute atomic E-state index is 0.0126. The van der Waals surface area contributed by atoms with E-state index >= 15 is 0 Å². The second-order valence-electron chi connectivity index (χ2n) is 6.76. The van der Waals surface area contributed by atoms with Crippen LogP contribution >= 0.6 is 11.3 Å². The highest BCUT2D eigenvalue weighted by atomic mass is 32.1. The molecule has 1 aliphatic rings. The van der Waals surface area contributed by atoms with E-state index in [2.05, 4.69) is 15.3 Å². The molecule has 4 heterocycles. The summed E-state index contributed by atoms with van der Waals surface area (Å²) >= 11 is 1.41. The van der Waals surface area contributed by atoms with Crippen LogP contribution in [0.2, 0.25) is 0 Å². The highest BCUT2D eigenvalue weighted by Crippen LogP contribution is 2.34. The molecule has 3 aromatic rings. The summed E-state index contributed by atoms with van der Waals surface area (Å²) in [7, 11) is 1.84. The number of anilines is 1. The second-order valence-corrected chi connectivity index (χ2v) is 7.76. The number of nitrogens with zero attached hydrogens (tertiary/aromatic N) is 3. The standard InChI is InChI=1S/C19H22N4O3S/c1-11-4-5-14(26-11)8-20-17-15-12(2)16(27-18(15)22-10-21-17)19(24)23(3)13-6-7-25-9-13/h4-5,10,13H,6-9H2,1-3H3,(H,20,21,22)/t13-/m0/s1. The van der Waals surface area contributed by atoms with Crippen molar-refractivity contribution in [3.05, 3.63) is 40.4 Å². The molecule has 4 rings (SSSR count). The van der Waals surface area contributed by atoms with E-state index in [0.717, 1.165) is 33.7 Å². The van der Waals surface area contributed by atoms with Gasteiger partial charge in [-0.2, -0.15) is 0 Å². The number of hydrogen-bond donors (Lipinski definition) is 1. The molecule has 0 aromatic carbocycles. The van der Waals surface area contributed by atoms with E-state index in [4.69, 9.17) is 9.15 Å². The van der Waals surface area contributed by atoms with Gasteiger partial charge in [0.15, 0.2) is 0 Å². The van der Waals surface area contributed by atoms with Gasteiger partial charge >= 0.3 is 0 Å². The topological polar surface area (TPSA) is 80.5 Å². The first-order valence-corrected chi connectivity index (χ1v) is 9.74. The van der Waals surface area contributed by atoms with Gasteiger partial charge in [0.1, 0.15) is 28.5 Å². The molecule has 1 aliphatic heterocycles. The predicted octanol–water partition coefficient (Wildman–Crippen LogP) is 3.37. The number of carbonyl (C=O) groups excluding carboxylic acids is 1. The van der Waals surface area contributed by atoms with E-state index in [1.165, 1.54) is 17.7 Å². The Morgan fingerprint density at radius 2 is 2.22 bits per heavy atom. The van der Waals surface area contributed by atoms with Gasteiger partial charge < -0.3 is 19.4 Å². The summed E-state index contributed by atoms with van der Waals surface area (Å²) in [5.41, 5.74) is 0.907. The van der Waals surface area contributed by atoms with Gasteiger partial charge in [-0.1, -0.05) is 0 Å². The largest absolute Gasteiger partial charge is 0.465 e. The second kappa shape index (κ2) is 7.28. The number of thiophene rings is 1. The SMILES string of the molecule is Cc1ccc(CNc2ncnc3sc(C(=O)N(C)[C@H]4CCOC4)c(C)c23)o1. The molecule has 142 valence electrons. The lowest BCUT2D eigenvalue weighted by Crippen LogP contribution is -2.37. The van der Waals surface area contributed by atoms with Crippen molar-refractivity contribution in [3.63, 3.8) is 0 Å². The lowest BCUT2D eigenvalue weighted by molar-refractivity contribution is 0.0715. The van der Waals surface area contributed by atoms with Crippen molar-refractivity contribution in [2.24, 2.45) is 0 Å². The van der Waals surface area contributed by atoms with Crippen molar-refractivity contribution in [2.75, 3.05) is 25.6 Å². The summed E-state index contributed by atoms with van der Waals surface area (Å²) < 4.78 is 11.0. The van der Waals surface area contributed by atoms with Crippen LogP contribution in [0.3, 0.4) is 0 Å². The van der Waals surface area contributed by atoms with Crippen LogP contribution in [0.1, 0.15) is 33.2 Å². The molecule has 0 aliphatic carbocycles. The number of amides is 1. The van der Waals surface area contributed by atoms with Crippen LogP contribution in [0, 0.1) is 13.8 Å². The number of nitrogens with one attached hydrogen (secondary N) is 1. The number of likely N-dealkylation sites (N-methyl/N-ethyl adjacent to an activating group) is 1. The van der Waals surface area contributed by atoms with Gasteiger partial charge in [-0.15, -0.1) is 11.3 Å². The van der Waals surface area contributed by atoms with E-state index in [1.54, 1.807) is 4.90 Å². The molecule has 0 bridgehead atoms. The third-order valence-corrected chi connectivity index (χ3v) is 6.11. The average Bonchev–Trinajstić information content (AvgIpc) is 3.40. The molecule has 0 spiro atoms. The van der Waals surface area contributed by atoms with Gasteiger partial charge in [-0.3, -0.25) is 4.79 Å². The Morgan fingerprint density at radius 1 is 1.37 bits per heavy atom. The number of ether oxygens (including phenoxy) is 1. The Bertz CT molecular complexity index is 975. The fraction of sp³-hybridized carbons (Fsp3) is 0.421. The van der Waals surface area contributed by atoms with Crippen molar-refractivity contribution in [3.8, 4) is 0 Å². The van der Waals surface area contributed by atoms with Crippen molar-refractivity contribution in [2.45, 2.75) is 32.9 Å². The Hall–Kier alpha value is -2.45. The van der Waals surface area contributed by atoms with E-state index in [9.17, 15) is 4.79 Å². The molecule has 0 radical (unpaired) electrons. The fourth-order valence-electron chi connectivity index (χ4n) is 3.31. The van der Waals surface area contributed by atoms with Gasteiger partial charge in [0.2, 0.25) is 0 Å². The summed E-state index contributed by atoms with van der Waals surface area (Å²) in [5, 5.41) is 4.21. The molecule has 3 aromatic heterocycles. The molecule has 1 amide bonds. The number of hydrogen-bond acceptors (Lipinski definition) is 7. The first-order chi connectivity index (χ1) is 13.0. The van der Waals surface area contributed by atoms with E-state index in [0.29, 0.717) is 30.5 Å². The molecular weight excluding hydrogens is 364 g/mol. The number of rotatable bonds is 5. The predicted molar refractivity (Wildman–Crippen MR) is 104 cm³/mol. The summed E-state index contributed by atoms with van der Waals surface area (Å²) in [5.74, 6) is 2.44. The molecule has 7 nitrogen and oxygen atoms in total. The van der Waals surface area contributed by atoms with E-state index < -0.39 is 0 Å². The molecule has 0 unspecified atom stereocenters. The summed E-state index contributed by atoms with van der Waals surface area (Å²) in [6.07, 6.45) is 2.40. The lowest BCUT2D eigenvalue weighted by atomic mass is 10.1. The minimum Gasteiger partial charge on any atom is -0.465 e. The van der Waals surface area contributed by atoms with Crippen LogP contribution in [-0.2, 0) is 11.3 Å². The van der Waals surface area contributed by atoms with Crippen molar-refractivity contribution in [1.82, 2.24) is 14.9 Å². The minimum atomic E-state index is 0.0126. The van der Waals surface area contributed by atoms with Crippen molar-refractivity contribution >= 4 is 33.3 Å².